The van der Waals surface area contributed by atoms with Crippen LogP contribution in [0.15, 0.2) is 6.20 Å². The third kappa shape index (κ3) is 1.59. The number of nitrogens with zero attached hydrogens (tertiary/aromatic N) is 3. The Hall–Kier alpha value is -1.12. The molecule has 0 atom stereocenters. The highest BCUT2D eigenvalue weighted by Gasteiger charge is 2.17. The summed E-state index contributed by atoms with van der Waals surface area (Å²) in [7, 11) is 0. The Morgan fingerprint density at radius 1 is 1.43 bits per heavy atom. The van der Waals surface area contributed by atoms with Crippen molar-refractivity contribution in [3.05, 3.63) is 17.6 Å². The molecule has 0 radical (unpaired) electrons. The number of hydrogen-bond acceptors (Lipinski definition) is 3. The van der Waals surface area contributed by atoms with Crippen molar-refractivity contribution >= 4 is 5.82 Å². The summed E-state index contributed by atoms with van der Waals surface area (Å²) in [6.45, 7) is 6.46. The van der Waals surface area contributed by atoms with Crippen LogP contribution in [0.3, 0.4) is 0 Å². The molecule has 0 saturated heterocycles. The molecule has 0 aliphatic carbocycles. The molecule has 2 heterocycles. The summed E-state index contributed by atoms with van der Waals surface area (Å²) in [5, 5.41) is 0. The monoisotopic (exact) mass is 191 g/mol. The van der Waals surface area contributed by atoms with Crippen LogP contribution >= 0.6 is 0 Å². The van der Waals surface area contributed by atoms with Gasteiger partial charge in [0.1, 0.15) is 0 Å². The van der Waals surface area contributed by atoms with Crippen LogP contribution in [0, 0.1) is 0 Å². The summed E-state index contributed by atoms with van der Waals surface area (Å²) >= 11 is 0. The van der Waals surface area contributed by atoms with Gasteiger partial charge in [0.05, 0.1) is 11.4 Å². The molecule has 1 aliphatic heterocycles. The summed E-state index contributed by atoms with van der Waals surface area (Å²) < 4.78 is 0. The second-order valence-corrected chi connectivity index (χ2v) is 3.67. The predicted octanol–water partition coefficient (Wildman–Crippen LogP) is 1.81. The topological polar surface area (TPSA) is 29.0 Å². The first-order valence-electron chi connectivity index (χ1n) is 5.45. The lowest BCUT2D eigenvalue weighted by Crippen LogP contribution is -2.30. The van der Waals surface area contributed by atoms with Gasteiger partial charge < -0.3 is 4.90 Å². The summed E-state index contributed by atoms with van der Waals surface area (Å²) in [6.07, 6.45) is 5.18. The van der Waals surface area contributed by atoms with E-state index in [0.29, 0.717) is 0 Å². The lowest BCUT2D eigenvalue weighted by Gasteiger charge is -2.28. The van der Waals surface area contributed by atoms with Crippen LogP contribution in [0.25, 0.3) is 0 Å². The highest BCUT2D eigenvalue weighted by atomic mass is 15.2. The summed E-state index contributed by atoms with van der Waals surface area (Å²) in [6, 6.07) is 0. The van der Waals surface area contributed by atoms with Gasteiger partial charge >= 0.3 is 0 Å². The van der Waals surface area contributed by atoms with E-state index in [4.69, 9.17) is 0 Å². The van der Waals surface area contributed by atoms with Crippen LogP contribution in [0.2, 0.25) is 0 Å². The second-order valence-electron chi connectivity index (χ2n) is 3.67. The van der Waals surface area contributed by atoms with Gasteiger partial charge in [-0.3, -0.25) is 4.98 Å². The van der Waals surface area contributed by atoms with E-state index >= 15 is 0 Å². The number of aromatic nitrogens is 2. The van der Waals surface area contributed by atoms with Gasteiger partial charge in [-0.1, -0.05) is 6.92 Å². The van der Waals surface area contributed by atoms with Gasteiger partial charge in [-0.15, -0.1) is 0 Å². The molecule has 3 heteroatoms. The van der Waals surface area contributed by atoms with Crippen molar-refractivity contribution in [2.45, 2.75) is 33.1 Å². The van der Waals surface area contributed by atoms with Crippen molar-refractivity contribution in [3.8, 4) is 0 Å². The molecule has 76 valence electrons. The van der Waals surface area contributed by atoms with Gasteiger partial charge in [0.15, 0.2) is 5.82 Å². The zero-order chi connectivity index (χ0) is 9.97. The molecule has 0 aromatic carbocycles. The van der Waals surface area contributed by atoms with Gasteiger partial charge in [0.25, 0.3) is 0 Å². The molecule has 0 amide bonds. The Balaban J connectivity index is 2.38. The van der Waals surface area contributed by atoms with Gasteiger partial charge in [-0.2, -0.15) is 0 Å². The Morgan fingerprint density at radius 3 is 3.00 bits per heavy atom. The molecule has 0 saturated carbocycles. The molecule has 14 heavy (non-hydrogen) atoms. The number of anilines is 1. The van der Waals surface area contributed by atoms with E-state index in [2.05, 4.69) is 28.7 Å². The number of hydrogen-bond donors (Lipinski definition) is 0. The van der Waals surface area contributed by atoms with Crippen LogP contribution < -0.4 is 4.90 Å². The fourth-order valence-corrected chi connectivity index (χ4v) is 1.89. The normalized spacial score (nSPS) is 15.4. The molecule has 0 N–H and O–H groups in total. The van der Waals surface area contributed by atoms with Crippen molar-refractivity contribution in [2.75, 3.05) is 18.0 Å². The van der Waals surface area contributed by atoms with Gasteiger partial charge in [0.2, 0.25) is 0 Å². The molecule has 0 spiro atoms. The van der Waals surface area contributed by atoms with Gasteiger partial charge in [-0.05, 0) is 26.2 Å². The van der Waals surface area contributed by atoms with E-state index < -0.39 is 0 Å². The standard InChI is InChI=1S/C11H17N3/c1-3-9-8-12-10-6-5-7-14(4-2)11(10)13-9/h8H,3-7H2,1-2H3. The summed E-state index contributed by atoms with van der Waals surface area (Å²) in [4.78, 5) is 11.5. The first-order chi connectivity index (χ1) is 6.85. The molecule has 0 unspecified atom stereocenters. The average molecular weight is 191 g/mol. The number of aryl methyl sites for hydroxylation is 2. The first-order valence-corrected chi connectivity index (χ1v) is 5.45. The quantitative estimate of drug-likeness (QED) is 0.714. The van der Waals surface area contributed by atoms with E-state index in [1.165, 1.54) is 12.1 Å². The molecule has 0 bridgehead atoms. The van der Waals surface area contributed by atoms with E-state index in [0.717, 1.165) is 37.4 Å². The van der Waals surface area contributed by atoms with Crippen molar-refractivity contribution < 1.29 is 0 Å². The molecule has 1 aromatic rings. The Morgan fingerprint density at radius 2 is 2.29 bits per heavy atom. The van der Waals surface area contributed by atoms with Crippen molar-refractivity contribution in [1.82, 2.24) is 9.97 Å². The van der Waals surface area contributed by atoms with E-state index in [9.17, 15) is 0 Å². The van der Waals surface area contributed by atoms with Gasteiger partial charge in [-0.25, -0.2) is 4.98 Å². The largest absolute Gasteiger partial charge is 0.355 e. The molecule has 1 aromatic heterocycles. The highest BCUT2D eigenvalue weighted by molar-refractivity contribution is 5.45. The van der Waals surface area contributed by atoms with Crippen molar-refractivity contribution in [1.29, 1.82) is 0 Å². The number of fused-ring (bicyclic) bond motifs is 1. The molecular weight excluding hydrogens is 174 g/mol. The SMILES string of the molecule is CCc1cnc2c(n1)N(CC)CCC2. The van der Waals surface area contributed by atoms with E-state index in [1.807, 2.05) is 6.20 Å². The number of rotatable bonds is 2. The fraction of sp³-hybridized carbons (Fsp3) is 0.636. The molecule has 2 rings (SSSR count). The molecule has 3 nitrogen and oxygen atoms in total. The van der Waals surface area contributed by atoms with Crippen LogP contribution in [-0.2, 0) is 12.8 Å². The maximum atomic E-state index is 4.65. The predicted molar refractivity (Wildman–Crippen MR) is 57.6 cm³/mol. The van der Waals surface area contributed by atoms with Crippen LogP contribution in [0.4, 0.5) is 5.82 Å². The average Bonchev–Trinajstić information content (AvgIpc) is 2.27. The lowest BCUT2D eigenvalue weighted by atomic mass is 10.1. The lowest BCUT2D eigenvalue weighted by molar-refractivity contribution is 0.673. The second kappa shape index (κ2) is 3.95. The van der Waals surface area contributed by atoms with E-state index in [1.54, 1.807) is 0 Å². The van der Waals surface area contributed by atoms with Crippen LogP contribution in [0.1, 0.15) is 31.7 Å². The minimum absolute atomic E-state index is 0.970. The van der Waals surface area contributed by atoms with Crippen LogP contribution in [-0.4, -0.2) is 23.1 Å². The zero-order valence-electron chi connectivity index (χ0n) is 8.95. The minimum atomic E-state index is 0.970. The Labute approximate surface area is 85.2 Å². The van der Waals surface area contributed by atoms with Gasteiger partial charge in [0, 0.05) is 19.3 Å². The Bertz CT molecular complexity index is 322. The Kier molecular flexibility index (Phi) is 2.66. The first kappa shape index (κ1) is 9.44. The fourth-order valence-electron chi connectivity index (χ4n) is 1.89. The third-order valence-electron chi connectivity index (χ3n) is 2.76. The summed E-state index contributed by atoms with van der Waals surface area (Å²) in [5.74, 6) is 1.12. The third-order valence-corrected chi connectivity index (χ3v) is 2.76. The smallest absolute Gasteiger partial charge is 0.150 e. The molecule has 1 aliphatic rings. The maximum absolute atomic E-state index is 4.65. The zero-order valence-corrected chi connectivity index (χ0v) is 8.95. The van der Waals surface area contributed by atoms with Crippen molar-refractivity contribution in [3.63, 3.8) is 0 Å². The highest BCUT2D eigenvalue weighted by Crippen LogP contribution is 2.22. The summed E-state index contributed by atoms with van der Waals surface area (Å²) in [5.41, 5.74) is 2.28. The van der Waals surface area contributed by atoms with Crippen molar-refractivity contribution in [2.24, 2.45) is 0 Å². The van der Waals surface area contributed by atoms with Crippen LogP contribution in [0.5, 0.6) is 0 Å². The molecular formula is C11H17N3. The minimum Gasteiger partial charge on any atom is -0.355 e. The van der Waals surface area contributed by atoms with E-state index in [-0.39, 0.29) is 0 Å². The molecule has 0 fully saturated rings. The maximum Gasteiger partial charge on any atom is 0.150 e.